The molecule has 1 N–H and O–H groups in total. The number of furan rings is 1. The molecule has 0 saturated heterocycles. The molecule has 0 radical (unpaired) electrons. The van der Waals surface area contributed by atoms with Crippen LogP contribution in [0.25, 0.3) is 11.0 Å². The van der Waals surface area contributed by atoms with E-state index in [2.05, 4.69) is 12.2 Å². The third kappa shape index (κ3) is 2.89. The summed E-state index contributed by atoms with van der Waals surface area (Å²) in [6.45, 7) is 2.27. The SMILES string of the molecule is COc1cccc2cc(C(=O)NC3CCC(C)CC3)oc12. The zero-order valence-electron chi connectivity index (χ0n) is 12.5. The number of hydrogen-bond donors (Lipinski definition) is 1. The van der Waals surface area contributed by atoms with Crippen LogP contribution in [0.2, 0.25) is 0 Å². The van der Waals surface area contributed by atoms with Crippen LogP contribution < -0.4 is 10.1 Å². The molecule has 1 saturated carbocycles. The van der Waals surface area contributed by atoms with Gasteiger partial charge in [0.25, 0.3) is 5.91 Å². The molecule has 3 rings (SSSR count). The Morgan fingerprint density at radius 1 is 1.29 bits per heavy atom. The summed E-state index contributed by atoms with van der Waals surface area (Å²) in [6.07, 6.45) is 4.46. The minimum atomic E-state index is -0.132. The fourth-order valence-electron chi connectivity index (χ4n) is 2.97. The predicted molar refractivity (Wildman–Crippen MR) is 81.7 cm³/mol. The van der Waals surface area contributed by atoms with Crippen LogP contribution in [0.5, 0.6) is 5.75 Å². The van der Waals surface area contributed by atoms with Gasteiger partial charge in [0.1, 0.15) is 0 Å². The molecule has 1 aliphatic rings. The molecule has 4 nitrogen and oxygen atoms in total. The Morgan fingerprint density at radius 3 is 2.76 bits per heavy atom. The van der Waals surface area contributed by atoms with Crippen molar-refractivity contribution in [3.05, 3.63) is 30.0 Å². The molecule has 0 aliphatic heterocycles. The maximum Gasteiger partial charge on any atom is 0.287 e. The zero-order chi connectivity index (χ0) is 14.8. The molecule has 1 fully saturated rings. The van der Waals surface area contributed by atoms with Gasteiger partial charge in [0, 0.05) is 11.4 Å². The van der Waals surface area contributed by atoms with Gasteiger partial charge in [-0.25, -0.2) is 0 Å². The minimum Gasteiger partial charge on any atom is -0.493 e. The first-order valence-corrected chi connectivity index (χ1v) is 7.55. The first-order valence-electron chi connectivity index (χ1n) is 7.55. The van der Waals surface area contributed by atoms with Crippen molar-refractivity contribution in [3.63, 3.8) is 0 Å². The summed E-state index contributed by atoms with van der Waals surface area (Å²) in [5, 5.41) is 3.97. The molecule has 1 aliphatic carbocycles. The fourth-order valence-corrected chi connectivity index (χ4v) is 2.97. The lowest BCUT2D eigenvalue weighted by Gasteiger charge is -2.26. The van der Waals surface area contributed by atoms with Crippen molar-refractivity contribution in [2.75, 3.05) is 7.11 Å². The number of carbonyl (C=O) groups excluding carboxylic acids is 1. The molecule has 0 bridgehead atoms. The largest absolute Gasteiger partial charge is 0.493 e. The number of rotatable bonds is 3. The second-order valence-electron chi connectivity index (χ2n) is 5.92. The van der Waals surface area contributed by atoms with E-state index >= 15 is 0 Å². The van der Waals surface area contributed by atoms with Crippen LogP contribution in [0.15, 0.2) is 28.7 Å². The number of para-hydroxylation sites is 1. The molecule has 0 unspecified atom stereocenters. The van der Waals surface area contributed by atoms with E-state index in [0.717, 1.165) is 24.1 Å². The van der Waals surface area contributed by atoms with Gasteiger partial charge in [-0.1, -0.05) is 19.1 Å². The summed E-state index contributed by atoms with van der Waals surface area (Å²) in [5.41, 5.74) is 0.627. The third-order valence-corrected chi connectivity index (χ3v) is 4.30. The van der Waals surface area contributed by atoms with Crippen LogP contribution in [0.3, 0.4) is 0 Å². The summed E-state index contributed by atoms with van der Waals surface area (Å²) in [7, 11) is 1.60. The monoisotopic (exact) mass is 287 g/mol. The molecule has 2 aromatic rings. The molecule has 0 atom stereocenters. The van der Waals surface area contributed by atoms with E-state index in [1.165, 1.54) is 12.8 Å². The fraction of sp³-hybridized carbons (Fsp3) is 0.471. The number of hydrogen-bond acceptors (Lipinski definition) is 3. The van der Waals surface area contributed by atoms with E-state index in [1.54, 1.807) is 13.2 Å². The molecule has 1 aromatic heterocycles. The van der Waals surface area contributed by atoms with Crippen molar-refractivity contribution in [2.24, 2.45) is 5.92 Å². The number of carbonyl (C=O) groups is 1. The second kappa shape index (κ2) is 5.80. The average molecular weight is 287 g/mol. The van der Waals surface area contributed by atoms with Gasteiger partial charge in [0.2, 0.25) is 0 Å². The highest BCUT2D eigenvalue weighted by Gasteiger charge is 2.22. The highest BCUT2D eigenvalue weighted by Crippen LogP contribution is 2.29. The van der Waals surface area contributed by atoms with Crippen molar-refractivity contribution < 1.29 is 13.9 Å². The highest BCUT2D eigenvalue weighted by atomic mass is 16.5. The van der Waals surface area contributed by atoms with Gasteiger partial charge in [0.05, 0.1) is 7.11 Å². The molecule has 0 spiro atoms. The molecule has 112 valence electrons. The van der Waals surface area contributed by atoms with E-state index in [9.17, 15) is 4.79 Å². The van der Waals surface area contributed by atoms with Crippen molar-refractivity contribution in [3.8, 4) is 5.75 Å². The van der Waals surface area contributed by atoms with Gasteiger partial charge in [-0.05, 0) is 43.7 Å². The average Bonchev–Trinajstić information content (AvgIpc) is 2.93. The summed E-state index contributed by atoms with van der Waals surface area (Å²) in [5.74, 6) is 1.65. The first kappa shape index (κ1) is 14.0. The van der Waals surface area contributed by atoms with Crippen molar-refractivity contribution in [1.29, 1.82) is 0 Å². The number of amides is 1. The lowest BCUT2D eigenvalue weighted by Crippen LogP contribution is -2.37. The lowest BCUT2D eigenvalue weighted by atomic mass is 9.87. The summed E-state index contributed by atoms with van der Waals surface area (Å²) >= 11 is 0. The van der Waals surface area contributed by atoms with Gasteiger partial charge in [-0.15, -0.1) is 0 Å². The lowest BCUT2D eigenvalue weighted by molar-refractivity contribution is 0.0897. The summed E-state index contributed by atoms with van der Waals surface area (Å²) < 4.78 is 10.9. The minimum absolute atomic E-state index is 0.132. The van der Waals surface area contributed by atoms with Gasteiger partial charge in [-0.2, -0.15) is 0 Å². The van der Waals surface area contributed by atoms with Gasteiger partial charge in [-0.3, -0.25) is 4.79 Å². The van der Waals surface area contributed by atoms with Crippen LogP contribution in [-0.2, 0) is 0 Å². The summed E-state index contributed by atoms with van der Waals surface area (Å²) in [4.78, 5) is 12.3. The molecular formula is C17H21NO3. The van der Waals surface area contributed by atoms with Crippen molar-refractivity contribution in [1.82, 2.24) is 5.32 Å². The number of benzene rings is 1. The zero-order valence-corrected chi connectivity index (χ0v) is 12.5. The van der Waals surface area contributed by atoms with Crippen molar-refractivity contribution in [2.45, 2.75) is 38.6 Å². The third-order valence-electron chi connectivity index (χ3n) is 4.30. The van der Waals surface area contributed by atoms with E-state index < -0.39 is 0 Å². The smallest absolute Gasteiger partial charge is 0.287 e. The number of ether oxygens (including phenoxy) is 1. The maximum atomic E-state index is 12.3. The Kier molecular flexibility index (Phi) is 3.86. The van der Waals surface area contributed by atoms with Crippen molar-refractivity contribution >= 4 is 16.9 Å². The van der Waals surface area contributed by atoms with Crippen LogP contribution in [0.1, 0.15) is 43.2 Å². The van der Waals surface area contributed by atoms with E-state index in [-0.39, 0.29) is 11.9 Å². The predicted octanol–water partition coefficient (Wildman–Crippen LogP) is 3.75. The molecule has 4 heteroatoms. The number of methoxy groups -OCH3 is 1. The molecular weight excluding hydrogens is 266 g/mol. The molecule has 21 heavy (non-hydrogen) atoms. The van der Waals surface area contributed by atoms with Crippen LogP contribution in [-0.4, -0.2) is 19.1 Å². The maximum absolute atomic E-state index is 12.3. The Hall–Kier alpha value is -1.97. The Bertz CT molecular complexity index is 639. The van der Waals surface area contributed by atoms with Crippen LogP contribution in [0.4, 0.5) is 0 Å². The highest BCUT2D eigenvalue weighted by molar-refractivity contribution is 5.97. The van der Waals surface area contributed by atoms with Crippen LogP contribution >= 0.6 is 0 Å². The Morgan fingerprint density at radius 2 is 2.05 bits per heavy atom. The molecule has 1 amide bonds. The van der Waals surface area contributed by atoms with E-state index in [1.807, 2.05) is 18.2 Å². The Balaban J connectivity index is 1.75. The number of fused-ring (bicyclic) bond motifs is 1. The first-order chi connectivity index (χ1) is 10.2. The standard InChI is InChI=1S/C17H21NO3/c1-11-6-8-13(9-7-11)18-17(19)15-10-12-4-3-5-14(20-2)16(12)21-15/h3-5,10-11,13H,6-9H2,1-2H3,(H,18,19). The van der Waals surface area contributed by atoms with E-state index in [4.69, 9.17) is 9.15 Å². The quantitative estimate of drug-likeness (QED) is 0.935. The van der Waals surface area contributed by atoms with Crippen LogP contribution in [0, 0.1) is 5.92 Å². The number of nitrogens with one attached hydrogen (secondary N) is 1. The van der Waals surface area contributed by atoms with Gasteiger partial charge < -0.3 is 14.5 Å². The molecule has 1 heterocycles. The topological polar surface area (TPSA) is 51.5 Å². The summed E-state index contributed by atoms with van der Waals surface area (Å²) in [6, 6.07) is 7.68. The van der Waals surface area contributed by atoms with E-state index in [0.29, 0.717) is 17.1 Å². The Labute approximate surface area is 124 Å². The van der Waals surface area contributed by atoms with Gasteiger partial charge in [0.15, 0.2) is 17.1 Å². The second-order valence-corrected chi connectivity index (χ2v) is 5.92. The normalized spacial score (nSPS) is 22.2. The van der Waals surface area contributed by atoms with Gasteiger partial charge >= 0.3 is 0 Å². The molecule has 1 aromatic carbocycles.